The van der Waals surface area contributed by atoms with Gasteiger partial charge in [-0.2, -0.15) is 0 Å². The van der Waals surface area contributed by atoms with Gasteiger partial charge in [0.05, 0.1) is 12.4 Å². The van der Waals surface area contributed by atoms with Crippen LogP contribution in [0.4, 0.5) is 0 Å². The van der Waals surface area contributed by atoms with Gasteiger partial charge < -0.3 is 25.1 Å². The first-order valence-electron chi connectivity index (χ1n) is 18.3. The van der Waals surface area contributed by atoms with Crippen molar-refractivity contribution in [2.24, 2.45) is 17.4 Å². The normalized spacial score (nSPS) is 25.4. The summed E-state index contributed by atoms with van der Waals surface area (Å²) in [5.41, 5.74) is 15.7. The van der Waals surface area contributed by atoms with Gasteiger partial charge in [-0.3, -0.25) is 4.79 Å². The molecule has 0 bridgehead atoms. The molecule has 0 heterocycles. The van der Waals surface area contributed by atoms with Crippen molar-refractivity contribution >= 4 is 32.6 Å². The van der Waals surface area contributed by atoms with E-state index in [1.54, 1.807) is 0 Å². The Bertz CT molecular complexity index is 1420. The van der Waals surface area contributed by atoms with Crippen molar-refractivity contribution < 1.29 is 26.8 Å². The van der Waals surface area contributed by atoms with Gasteiger partial charge in [-0.1, -0.05) is 79.9 Å². The van der Waals surface area contributed by atoms with Crippen LogP contribution in [0.1, 0.15) is 105 Å². The lowest BCUT2D eigenvalue weighted by Gasteiger charge is -2.49. The number of carbonyl (C=O) groups is 1. The number of hydrogen-bond donors (Lipinski definition) is 2. The summed E-state index contributed by atoms with van der Waals surface area (Å²) in [6.07, 6.45) is 9.11. The lowest BCUT2D eigenvalue weighted by Crippen LogP contribution is -2.69. The smallest absolute Gasteiger partial charge is 0.273 e. The molecule has 0 spiro atoms. The average molecular weight is 740 g/mol. The molecule has 0 saturated heterocycles. The SMILES string of the molecule is CCCCCC(CC[C@@H]1C(O[Si](C)(C)C(C)(C)C)C[C@@]2(N)Cc3c(cccc3OCC(=O)N(C)S(C)(=O)=O)C[C@@]12N)O[Si](C)(C)C(C)(C)C. The van der Waals surface area contributed by atoms with Crippen molar-refractivity contribution in [1.29, 1.82) is 0 Å². The van der Waals surface area contributed by atoms with Crippen LogP contribution in [0.5, 0.6) is 5.75 Å². The highest BCUT2D eigenvalue weighted by Gasteiger charge is 2.63. The van der Waals surface area contributed by atoms with Crippen LogP contribution < -0.4 is 16.2 Å². The minimum absolute atomic E-state index is 0.0264. The Morgan fingerprint density at radius 2 is 1.61 bits per heavy atom. The molecular formula is C37H69N3O6SSi2. The third-order valence-corrected chi connectivity index (χ3v) is 22.7. The van der Waals surface area contributed by atoms with E-state index in [4.69, 9.17) is 25.1 Å². The maximum Gasteiger partial charge on any atom is 0.273 e. The number of carbonyl (C=O) groups excluding carboxylic acids is 1. The van der Waals surface area contributed by atoms with E-state index in [1.165, 1.54) is 19.9 Å². The minimum Gasteiger partial charge on any atom is -0.483 e. The number of rotatable bonds is 15. The lowest BCUT2D eigenvalue weighted by atomic mass is 9.64. The molecule has 2 aliphatic rings. The van der Waals surface area contributed by atoms with Crippen molar-refractivity contribution in [1.82, 2.24) is 4.31 Å². The molecule has 2 unspecified atom stereocenters. The molecule has 0 radical (unpaired) electrons. The van der Waals surface area contributed by atoms with Crippen molar-refractivity contribution in [3.63, 3.8) is 0 Å². The van der Waals surface area contributed by atoms with Crippen LogP contribution in [0, 0.1) is 5.92 Å². The van der Waals surface area contributed by atoms with Gasteiger partial charge in [-0.25, -0.2) is 12.7 Å². The monoisotopic (exact) mass is 739 g/mol. The topological polar surface area (TPSA) is 134 Å². The van der Waals surface area contributed by atoms with Gasteiger partial charge in [0, 0.05) is 30.1 Å². The first-order chi connectivity index (χ1) is 22.2. The summed E-state index contributed by atoms with van der Waals surface area (Å²) in [5.74, 6) is -0.0570. The third kappa shape index (κ3) is 9.39. The molecule has 5 atom stereocenters. The highest BCUT2D eigenvalue weighted by molar-refractivity contribution is 7.88. The molecule has 1 fully saturated rings. The maximum atomic E-state index is 12.6. The van der Waals surface area contributed by atoms with E-state index in [0.29, 0.717) is 29.3 Å². The number of sulfonamides is 1. The van der Waals surface area contributed by atoms with Crippen LogP contribution in [-0.2, 0) is 36.5 Å². The largest absolute Gasteiger partial charge is 0.483 e. The summed E-state index contributed by atoms with van der Waals surface area (Å²) in [6, 6.07) is 5.82. The summed E-state index contributed by atoms with van der Waals surface area (Å²) in [7, 11) is -6.61. The molecule has 4 N–H and O–H groups in total. The van der Waals surface area contributed by atoms with Crippen LogP contribution in [0.2, 0.25) is 36.3 Å². The molecule has 49 heavy (non-hydrogen) atoms. The standard InChI is InChI=1S/C37H69N3O6SSi2/c1-14-15-16-19-28(45-48(10,11)34(2,3)4)21-22-30-32(46-49(12,13)35(5,6)7)25-36(38)24-29-27(23-37(30,36)39)18-17-20-31(29)44-26-33(41)40(8)47(9,42)43/h17-18,20,28,30,32H,14-16,19,21-26,38-39H2,1-13H3/t28?,30-,32?,36+,37-/m1/s1. The number of likely N-dealkylation sites (N-methyl/N-ethyl adjacent to an activating group) is 1. The van der Waals surface area contributed by atoms with Crippen LogP contribution in [-0.4, -0.2) is 78.5 Å². The van der Waals surface area contributed by atoms with E-state index in [0.717, 1.165) is 43.1 Å². The van der Waals surface area contributed by atoms with Gasteiger partial charge in [0.25, 0.3) is 5.91 Å². The molecule has 12 heteroatoms. The fourth-order valence-electron chi connectivity index (χ4n) is 7.06. The molecule has 0 aromatic heterocycles. The number of nitrogens with two attached hydrogens (primary N) is 2. The van der Waals surface area contributed by atoms with Gasteiger partial charge in [0.15, 0.2) is 23.2 Å². The van der Waals surface area contributed by atoms with Crippen molar-refractivity contribution in [2.75, 3.05) is 19.9 Å². The predicted molar refractivity (Wildman–Crippen MR) is 206 cm³/mol. The second kappa shape index (κ2) is 15.0. The van der Waals surface area contributed by atoms with Crippen LogP contribution in [0.3, 0.4) is 0 Å². The summed E-state index contributed by atoms with van der Waals surface area (Å²) in [4.78, 5) is 12.6. The molecule has 2 aliphatic carbocycles. The summed E-state index contributed by atoms with van der Waals surface area (Å²) in [6.45, 7) is 24.9. The van der Waals surface area contributed by atoms with Crippen molar-refractivity contribution in [3.05, 3.63) is 29.3 Å². The van der Waals surface area contributed by atoms with Gasteiger partial charge >= 0.3 is 0 Å². The Hall–Kier alpha value is -1.29. The Morgan fingerprint density at radius 3 is 2.16 bits per heavy atom. The number of fused-ring (bicyclic) bond motifs is 2. The first-order valence-corrected chi connectivity index (χ1v) is 26.0. The Morgan fingerprint density at radius 1 is 1.00 bits per heavy atom. The molecule has 1 amide bonds. The molecule has 0 aliphatic heterocycles. The average Bonchev–Trinajstić information content (AvgIpc) is 3.14. The zero-order valence-corrected chi connectivity index (χ0v) is 35.8. The number of ether oxygens (including phenoxy) is 1. The van der Waals surface area contributed by atoms with E-state index in [2.05, 4.69) is 80.7 Å². The van der Waals surface area contributed by atoms with Gasteiger partial charge in [0.2, 0.25) is 10.0 Å². The first kappa shape index (κ1) is 42.1. The summed E-state index contributed by atoms with van der Waals surface area (Å²) < 4.78 is 44.9. The van der Waals surface area contributed by atoms with Crippen LogP contribution >= 0.6 is 0 Å². The summed E-state index contributed by atoms with van der Waals surface area (Å²) in [5, 5.41) is 0.148. The number of unbranched alkanes of at least 4 members (excludes halogenated alkanes) is 2. The fourth-order valence-corrected chi connectivity index (χ4v) is 10.3. The molecular weight excluding hydrogens is 671 g/mol. The molecule has 1 aromatic rings. The van der Waals surface area contributed by atoms with E-state index in [-0.39, 0.29) is 28.2 Å². The Kier molecular flexibility index (Phi) is 12.9. The van der Waals surface area contributed by atoms with E-state index in [1.807, 2.05) is 12.1 Å². The van der Waals surface area contributed by atoms with E-state index < -0.39 is 50.2 Å². The maximum absolute atomic E-state index is 12.6. The van der Waals surface area contributed by atoms with Gasteiger partial charge in [0.1, 0.15) is 5.75 Å². The number of hydrogen-bond acceptors (Lipinski definition) is 8. The molecule has 3 rings (SSSR count). The molecule has 1 saturated carbocycles. The predicted octanol–water partition coefficient (Wildman–Crippen LogP) is 7.14. The van der Waals surface area contributed by atoms with Gasteiger partial charge in [-0.15, -0.1) is 0 Å². The fraction of sp³-hybridized carbons (Fsp3) is 0.811. The van der Waals surface area contributed by atoms with E-state index in [9.17, 15) is 13.2 Å². The Balaban J connectivity index is 1.99. The quantitative estimate of drug-likeness (QED) is 0.143. The van der Waals surface area contributed by atoms with Crippen molar-refractivity contribution in [2.45, 2.75) is 166 Å². The molecule has 1 aromatic carbocycles. The summed E-state index contributed by atoms with van der Waals surface area (Å²) >= 11 is 0. The zero-order chi connectivity index (χ0) is 37.4. The second-order valence-electron chi connectivity index (χ2n) is 18.2. The third-order valence-electron chi connectivity index (χ3n) is 12.5. The van der Waals surface area contributed by atoms with Crippen molar-refractivity contribution in [3.8, 4) is 5.75 Å². The van der Waals surface area contributed by atoms with Crippen LogP contribution in [0.25, 0.3) is 0 Å². The van der Waals surface area contributed by atoms with E-state index >= 15 is 0 Å². The second-order valence-corrected chi connectivity index (χ2v) is 29.7. The highest BCUT2D eigenvalue weighted by atomic mass is 32.2. The lowest BCUT2D eigenvalue weighted by molar-refractivity contribution is -0.127. The number of benzene rings is 1. The van der Waals surface area contributed by atoms with Crippen LogP contribution in [0.15, 0.2) is 18.2 Å². The molecule has 282 valence electrons. The number of nitrogens with zero attached hydrogens (tertiary/aromatic N) is 1. The Labute approximate surface area is 300 Å². The number of amides is 1. The minimum atomic E-state index is -3.68. The zero-order valence-electron chi connectivity index (χ0n) is 33.0. The highest BCUT2D eigenvalue weighted by Crippen LogP contribution is 2.54. The molecule has 9 nitrogen and oxygen atoms in total. The van der Waals surface area contributed by atoms with Gasteiger partial charge in [-0.05, 0) is 92.0 Å².